The normalized spacial score (nSPS) is 15.4. The molecule has 0 rings (SSSR count). The lowest BCUT2D eigenvalue weighted by atomic mass is 10.1. The minimum absolute atomic E-state index is 0.0739. The van der Waals surface area contributed by atoms with Gasteiger partial charge in [-0.3, -0.25) is 14.1 Å². The van der Waals surface area contributed by atoms with E-state index in [0.29, 0.717) is 12.8 Å². The van der Waals surface area contributed by atoms with E-state index >= 15 is 0 Å². The Morgan fingerprint density at radius 3 is 1.72 bits per heavy atom. The van der Waals surface area contributed by atoms with Crippen LogP contribution in [0.15, 0.2) is 122 Å². The predicted molar refractivity (Wildman–Crippen MR) is 229 cm³/mol. The van der Waals surface area contributed by atoms with Crippen molar-refractivity contribution < 1.29 is 53.3 Å². The number of esters is 2. The number of phosphoric acid groups is 1. The van der Waals surface area contributed by atoms with E-state index < -0.39 is 57.4 Å². The molecule has 12 heteroatoms. The van der Waals surface area contributed by atoms with E-state index in [1.54, 1.807) is 42.5 Å². The Kier molecular flexibility index (Phi) is 35.4. The predicted octanol–water partition coefficient (Wildman–Crippen LogP) is 9.09. The summed E-state index contributed by atoms with van der Waals surface area (Å²) in [6.45, 7) is 3.04. The van der Waals surface area contributed by atoms with Crippen molar-refractivity contribution in [1.82, 2.24) is 0 Å². The first-order valence-corrected chi connectivity index (χ1v) is 21.7. The van der Waals surface area contributed by atoms with E-state index in [4.69, 9.17) is 19.3 Å². The summed E-state index contributed by atoms with van der Waals surface area (Å²) >= 11 is 0. The first-order valence-electron chi connectivity index (χ1n) is 20.2. The van der Waals surface area contributed by atoms with Gasteiger partial charge in [-0.1, -0.05) is 142 Å². The number of aliphatic hydroxyl groups excluding tert-OH is 3. The largest absolute Gasteiger partial charge is 0.469 e. The molecule has 0 aliphatic heterocycles. The standard InChI is InChI=1S/C45H69O11P/c1-3-5-7-8-9-10-11-12-13-14-15-16-17-18-19-20-21-26-30-36-44(49)54-38-41(39-55-57(51,52)53)56-45(50)37-31-35-43(48)42(47)34-29-25-23-22-24-28-33-40(46)32-27-6-4-2/h5-7,9-10,12-13,15-16,18-19,22-25,27-29,33-34,40-43,46-48H,3-4,8,11,14,17,20-21,26,30-32,35-39H2,1-2H3,(H2,51,52,53)/b7-5-,10-9-,13-12-,16-15-,19-18-,24-22+,25-23-,27-6-,33-28+,34-29-/t40-,41+,42+,43+/m0/s1. The summed E-state index contributed by atoms with van der Waals surface area (Å²) in [4.78, 5) is 42.9. The highest BCUT2D eigenvalue weighted by atomic mass is 31.2. The molecule has 0 aromatic heterocycles. The van der Waals surface area contributed by atoms with Crippen LogP contribution in [0.1, 0.15) is 110 Å². The number of carbonyl (C=O) groups is 2. The Morgan fingerprint density at radius 2 is 1.12 bits per heavy atom. The van der Waals surface area contributed by atoms with Gasteiger partial charge in [0.2, 0.25) is 0 Å². The fourth-order valence-electron chi connectivity index (χ4n) is 4.74. The number of hydrogen-bond acceptors (Lipinski definition) is 9. The number of phosphoric ester groups is 1. The van der Waals surface area contributed by atoms with Crippen molar-refractivity contribution in [1.29, 1.82) is 0 Å². The first-order chi connectivity index (χ1) is 27.5. The number of allylic oxidation sites excluding steroid dienone is 17. The van der Waals surface area contributed by atoms with Crippen LogP contribution < -0.4 is 0 Å². The molecule has 0 aliphatic carbocycles. The summed E-state index contributed by atoms with van der Waals surface area (Å²) in [6, 6.07) is 0. The molecule has 0 aromatic rings. The summed E-state index contributed by atoms with van der Waals surface area (Å²) in [7, 11) is -4.87. The van der Waals surface area contributed by atoms with Gasteiger partial charge in [0.05, 0.1) is 24.9 Å². The zero-order chi connectivity index (χ0) is 42.2. The van der Waals surface area contributed by atoms with Crippen LogP contribution in [-0.4, -0.2) is 74.7 Å². The monoisotopic (exact) mass is 816 g/mol. The maximum atomic E-state index is 12.4. The zero-order valence-corrected chi connectivity index (χ0v) is 34.9. The highest BCUT2D eigenvalue weighted by Crippen LogP contribution is 2.36. The summed E-state index contributed by atoms with van der Waals surface area (Å²) < 4.78 is 26.1. The summed E-state index contributed by atoms with van der Waals surface area (Å²) in [6.07, 6.45) is 44.3. The molecule has 0 amide bonds. The average molecular weight is 817 g/mol. The molecule has 0 unspecified atom stereocenters. The summed E-state index contributed by atoms with van der Waals surface area (Å²) in [5, 5.41) is 30.3. The van der Waals surface area contributed by atoms with Crippen molar-refractivity contribution >= 4 is 19.8 Å². The van der Waals surface area contributed by atoms with Gasteiger partial charge in [0.1, 0.15) is 6.61 Å². The second kappa shape index (κ2) is 37.9. The van der Waals surface area contributed by atoms with E-state index in [2.05, 4.69) is 72.2 Å². The fraction of sp³-hybridized carbons (Fsp3) is 0.511. The van der Waals surface area contributed by atoms with Crippen LogP contribution in [0.4, 0.5) is 0 Å². The van der Waals surface area contributed by atoms with Gasteiger partial charge in [0.15, 0.2) is 6.10 Å². The smallest absolute Gasteiger partial charge is 0.462 e. The molecule has 0 saturated heterocycles. The second-order valence-electron chi connectivity index (χ2n) is 13.1. The van der Waals surface area contributed by atoms with Gasteiger partial charge >= 0.3 is 19.8 Å². The molecular formula is C45H69O11P. The summed E-state index contributed by atoms with van der Waals surface area (Å²) in [5.41, 5.74) is 0. The topological polar surface area (TPSA) is 180 Å². The molecule has 57 heavy (non-hydrogen) atoms. The van der Waals surface area contributed by atoms with E-state index in [0.717, 1.165) is 57.8 Å². The SMILES string of the molecule is CC/C=C\C/C=C\C/C=C\C/C=C\C/C=C\CCCCCC(=O)OC[C@H](COP(=O)(O)O)OC(=O)CCC[C@@H](O)[C@H](O)\C=C/C=C\C=C\C=C\[C@@H](O)C/C=C\CC. The Bertz CT molecular complexity index is 1380. The molecule has 0 aromatic carbocycles. The van der Waals surface area contributed by atoms with Gasteiger partial charge in [0.25, 0.3) is 0 Å². The third-order valence-electron chi connectivity index (χ3n) is 7.82. The van der Waals surface area contributed by atoms with Crippen molar-refractivity contribution in [3.05, 3.63) is 122 Å². The van der Waals surface area contributed by atoms with Crippen LogP contribution in [0.2, 0.25) is 0 Å². The molecule has 0 radical (unpaired) electrons. The van der Waals surface area contributed by atoms with Crippen molar-refractivity contribution in [3.63, 3.8) is 0 Å². The zero-order valence-electron chi connectivity index (χ0n) is 34.0. The van der Waals surface area contributed by atoms with Gasteiger partial charge in [0, 0.05) is 12.8 Å². The Balaban J connectivity index is 4.37. The second-order valence-corrected chi connectivity index (χ2v) is 14.3. The van der Waals surface area contributed by atoms with Crippen LogP contribution in [0.5, 0.6) is 0 Å². The van der Waals surface area contributed by atoms with Gasteiger partial charge < -0.3 is 34.6 Å². The lowest BCUT2D eigenvalue weighted by molar-refractivity contribution is -0.161. The van der Waals surface area contributed by atoms with Crippen LogP contribution in [0.3, 0.4) is 0 Å². The lowest BCUT2D eigenvalue weighted by Crippen LogP contribution is -2.29. The first kappa shape index (κ1) is 53.3. The van der Waals surface area contributed by atoms with Crippen molar-refractivity contribution in [3.8, 4) is 0 Å². The molecule has 0 saturated carbocycles. The third kappa shape index (κ3) is 39.0. The van der Waals surface area contributed by atoms with Gasteiger partial charge in [-0.15, -0.1) is 0 Å². The maximum Gasteiger partial charge on any atom is 0.469 e. The third-order valence-corrected chi connectivity index (χ3v) is 8.30. The number of ether oxygens (including phenoxy) is 2. The van der Waals surface area contributed by atoms with Crippen molar-refractivity contribution in [2.75, 3.05) is 13.2 Å². The summed E-state index contributed by atoms with van der Waals surface area (Å²) in [5.74, 6) is -1.27. The van der Waals surface area contributed by atoms with Crippen LogP contribution in [0, 0.1) is 0 Å². The minimum atomic E-state index is -4.87. The van der Waals surface area contributed by atoms with E-state index in [1.807, 2.05) is 19.1 Å². The van der Waals surface area contributed by atoms with Gasteiger partial charge in [-0.2, -0.15) is 0 Å². The van der Waals surface area contributed by atoms with Crippen LogP contribution >= 0.6 is 7.82 Å². The highest BCUT2D eigenvalue weighted by Gasteiger charge is 2.23. The molecule has 320 valence electrons. The van der Waals surface area contributed by atoms with E-state index in [1.165, 1.54) is 6.08 Å². The Labute approximate surface area is 341 Å². The molecule has 0 bridgehead atoms. The molecular weight excluding hydrogens is 747 g/mol. The lowest BCUT2D eigenvalue weighted by Gasteiger charge is -2.19. The van der Waals surface area contributed by atoms with Gasteiger partial charge in [-0.25, -0.2) is 4.57 Å². The van der Waals surface area contributed by atoms with E-state index in [9.17, 15) is 29.5 Å². The average Bonchev–Trinajstić information content (AvgIpc) is 3.17. The fourth-order valence-corrected chi connectivity index (χ4v) is 5.10. The Hall–Kier alpha value is -3.67. The molecule has 0 heterocycles. The molecule has 4 atom stereocenters. The number of unbranched alkanes of at least 4 members (excludes halogenated alkanes) is 3. The molecule has 0 fully saturated rings. The van der Waals surface area contributed by atoms with Crippen LogP contribution in [0.25, 0.3) is 0 Å². The van der Waals surface area contributed by atoms with E-state index in [-0.39, 0.29) is 25.7 Å². The molecule has 11 nitrogen and oxygen atoms in total. The minimum Gasteiger partial charge on any atom is -0.462 e. The molecule has 0 spiro atoms. The number of carbonyl (C=O) groups excluding carboxylic acids is 2. The number of rotatable bonds is 34. The molecule has 5 N–H and O–H groups in total. The number of aliphatic hydroxyl groups is 3. The quantitative estimate of drug-likeness (QED) is 0.0137. The van der Waals surface area contributed by atoms with Crippen molar-refractivity contribution in [2.24, 2.45) is 0 Å². The number of hydrogen-bond donors (Lipinski definition) is 5. The van der Waals surface area contributed by atoms with Gasteiger partial charge in [-0.05, 0) is 77.0 Å². The van der Waals surface area contributed by atoms with Crippen molar-refractivity contribution in [2.45, 2.75) is 135 Å². The Morgan fingerprint density at radius 1 is 0.596 bits per heavy atom. The highest BCUT2D eigenvalue weighted by molar-refractivity contribution is 7.46. The van der Waals surface area contributed by atoms with Crippen LogP contribution in [-0.2, 0) is 28.2 Å². The molecule has 0 aliphatic rings. The maximum absolute atomic E-state index is 12.4.